The monoisotopic (exact) mass is 378 g/mol. The number of alkyl halides is 3. The molecule has 0 radical (unpaired) electrons. The highest BCUT2D eigenvalue weighted by Crippen LogP contribution is 2.26. The minimum atomic E-state index is -6.09. The van der Waals surface area contributed by atoms with Crippen LogP contribution in [0.4, 0.5) is 13.2 Å². The van der Waals surface area contributed by atoms with Crippen molar-refractivity contribution in [2.24, 2.45) is 5.41 Å². The van der Waals surface area contributed by atoms with Crippen LogP contribution in [0.15, 0.2) is 0 Å². The zero-order chi connectivity index (χ0) is 18.5. The number of hydrogen-bond acceptors (Lipinski definition) is 4. The van der Waals surface area contributed by atoms with Gasteiger partial charge in [0.25, 0.3) is 0 Å². The van der Waals surface area contributed by atoms with Crippen molar-refractivity contribution < 1.29 is 30.9 Å². The van der Waals surface area contributed by atoms with Crippen LogP contribution in [0.25, 0.3) is 0 Å². The first-order valence-corrected chi connectivity index (χ1v) is 10.6. The fraction of sp³-hybridized carbons (Fsp3) is 0.929. The van der Waals surface area contributed by atoms with Gasteiger partial charge in [0.05, 0.1) is 6.26 Å². The second-order valence-corrected chi connectivity index (χ2v) is 10.4. The van der Waals surface area contributed by atoms with Crippen molar-refractivity contribution in [2.75, 3.05) is 12.0 Å². The largest absolute Gasteiger partial charge is 0.741 e. The SMILES string of the molecule is C[S+](CC(=O)C(C)(C)C)C1CCCCC1.O=S(=O)([O-])C(F)(F)F. The molecule has 1 aliphatic carbocycles. The van der Waals surface area contributed by atoms with E-state index in [4.69, 9.17) is 13.0 Å². The quantitative estimate of drug-likeness (QED) is 0.429. The minimum Gasteiger partial charge on any atom is -0.741 e. The van der Waals surface area contributed by atoms with Crippen LogP contribution in [-0.4, -0.2) is 41.5 Å². The summed E-state index contributed by atoms with van der Waals surface area (Å²) in [6.07, 6.45) is 9.17. The Bertz CT molecular complexity index is 475. The molecule has 1 saturated carbocycles. The Balaban J connectivity index is 0.000000515. The molecule has 0 aromatic carbocycles. The molecule has 1 rings (SSSR count). The molecule has 0 aromatic heterocycles. The number of carbonyl (C=O) groups excluding carboxylic acids is 1. The first-order valence-electron chi connectivity index (χ1n) is 7.33. The molecule has 0 saturated heterocycles. The van der Waals surface area contributed by atoms with E-state index >= 15 is 0 Å². The summed E-state index contributed by atoms with van der Waals surface area (Å²) < 4.78 is 58.9. The lowest BCUT2D eigenvalue weighted by atomic mass is 9.92. The highest BCUT2D eigenvalue weighted by molar-refractivity contribution is 7.97. The van der Waals surface area contributed by atoms with Crippen molar-refractivity contribution in [1.29, 1.82) is 0 Å². The predicted molar refractivity (Wildman–Crippen MR) is 85.2 cm³/mol. The lowest BCUT2D eigenvalue weighted by molar-refractivity contribution is -0.123. The summed E-state index contributed by atoms with van der Waals surface area (Å²) >= 11 is 0. The molecule has 0 amide bonds. The van der Waals surface area contributed by atoms with E-state index in [0.717, 1.165) is 11.0 Å². The Hall–Kier alpha value is -0.280. The number of halogens is 3. The maximum absolute atomic E-state index is 11.9. The number of rotatable bonds is 3. The highest BCUT2D eigenvalue weighted by Gasteiger charge is 2.37. The summed E-state index contributed by atoms with van der Waals surface area (Å²) in [5.41, 5.74) is -5.79. The standard InChI is InChI=1S/C13H25OS.CHF3O3S/c1-13(2,3)12(14)10-15(4)11-8-6-5-7-9-11;2-1(3,4)8(5,6)7/h11H,5-10H2,1-4H3;(H,5,6,7)/q+1;/p-1. The van der Waals surface area contributed by atoms with E-state index in [0.29, 0.717) is 16.7 Å². The van der Waals surface area contributed by atoms with Crippen LogP contribution in [0.1, 0.15) is 52.9 Å². The first-order chi connectivity index (χ1) is 10.2. The molecule has 0 heterocycles. The Kier molecular flexibility index (Phi) is 8.60. The summed E-state index contributed by atoms with van der Waals surface area (Å²) in [6, 6.07) is 0. The fourth-order valence-electron chi connectivity index (χ4n) is 2.01. The predicted octanol–water partition coefficient (Wildman–Crippen LogP) is 3.23. The molecular formula is C14H25F3O4S2. The van der Waals surface area contributed by atoms with Crippen molar-refractivity contribution in [3.63, 3.8) is 0 Å². The Morgan fingerprint density at radius 3 is 1.83 bits per heavy atom. The molecule has 0 spiro atoms. The molecule has 0 aliphatic heterocycles. The van der Waals surface area contributed by atoms with E-state index in [2.05, 4.69) is 6.26 Å². The molecule has 0 aromatic rings. The number of Topliss-reactive ketones (excluding diaryl/α,β-unsaturated/α-hetero) is 1. The molecule has 1 unspecified atom stereocenters. The van der Waals surface area contributed by atoms with Crippen LogP contribution >= 0.6 is 0 Å². The molecule has 1 aliphatic rings. The molecule has 0 bridgehead atoms. The second kappa shape index (κ2) is 8.71. The van der Waals surface area contributed by atoms with Gasteiger partial charge in [0.15, 0.2) is 21.7 Å². The van der Waals surface area contributed by atoms with Crippen LogP contribution in [-0.2, 0) is 25.8 Å². The van der Waals surface area contributed by atoms with E-state index < -0.39 is 15.6 Å². The lowest BCUT2D eigenvalue weighted by Gasteiger charge is -2.22. The van der Waals surface area contributed by atoms with Crippen molar-refractivity contribution in [3.8, 4) is 0 Å². The van der Waals surface area contributed by atoms with Gasteiger partial charge >= 0.3 is 5.51 Å². The van der Waals surface area contributed by atoms with E-state index in [1.54, 1.807) is 0 Å². The van der Waals surface area contributed by atoms with Crippen LogP contribution in [0.2, 0.25) is 0 Å². The number of hydrogen-bond donors (Lipinski definition) is 0. The van der Waals surface area contributed by atoms with Gasteiger partial charge in [-0.1, -0.05) is 27.2 Å². The van der Waals surface area contributed by atoms with Gasteiger partial charge in [0.1, 0.15) is 5.25 Å². The summed E-state index contributed by atoms with van der Waals surface area (Å²) in [4.78, 5) is 11.9. The van der Waals surface area contributed by atoms with Crippen molar-refractivity contribution >= 4 is 26.8 Å². The van der Waals surface area contributed by atoms with Gasteiger partial charge in [-0.15, -0.1) is 0 Å². The van der Waals surface area contributed by atoms with Gasteiger partial charge in [-0.25, -0.2) is 8.42 Å². The Labute approximate surface area is 139 Å². The third-order valence-electron chi connectivity index (χ3n) is 3.60. The van der Waals surface area contributed by atoms with Gasteiger partial charge in [-0.3, -0.25) is 4.79 Å². The summed E-state index contributed by atoms with van der Waals surface area (Å²) in [7, 11) is -5.77. The summed E-state index contributed by atoms with van der Waals surface area (Å²) in [6.45, 7) is 6.11. The number of carbonyl (C=O) groups is 1. The van der Waals surface area contributed by atoms with Crippen LogP contribution in [0.3, 0.4) is 0 Å². The average Bonchev–Trinajstić information content (AvgIpc) is 2.37. The third kappa shape index (κ3) is 8.95. The lowest BCUT2D eigenvalue weighted by Crippen LogP contribution is -2.34. The Morgan fingerprint density at radius 1 is 1.13 bits per heavy atom. The molecule has 1 fully saturated rings. The van der Waals surface area contributed by atoms with Crippen molar-refractivity contribution in [1.82, 2.24) is 0 Å². The van der Waals surface area contributed by atoms with Crippen LogP contribution in [0.5, 0.6) is 0 Å². The average molecular weight is 378 g/mol. The zero-order valence-electron chi connectivity index (χ0n) is 13.9. The molecule has 9 heteroatoms. The maximum Gasteiger partial charge on any atom is 0.485 e. The topological polar surface area (TPSA) is 74.3 Å². The van der Waals surface area contributed by atoms with Gasteiger partial charge in [0.2, 0.25) is 0 Å². The van der Waals surface area contributed by atoms with E-state index in [1.165, 1.54) is 32.1 Å². The maximum atomic E-state index is 11.9. The Morgan fingerprint density at radius 2 is 1.52 bits per heavy atom. The van der Waals surface area contributed by atoms with Gasteiger partial charge < -0.3 is 4.55 Å². The smallest absolute Gasteiger partial charge is 0.485 e. The highest BCUT2D eigenvalue weighted by atomic mass is 32.2. The van der Waals surface area contributed by atoms with Gasteiger partial charge in [-0.2, -0.15) is 13.2 Å². The molecular weight excluding hydrogens is 353 g/mol. The third-order valence-corrected chi connectivity index (χ3v) is 6.49. The summed E-state index contributed by atoms with van der Waals surface area (Å²) in [5.74, 6) is 1.26. The van der Waals surface area contributed by atoms with E-state index in [9.17, 15) is 18.0 Å². The van der Waals surface area contributed by atoms with Crippen molar-refractivity contribution in [2.45, 2.75) is 63.6 Å². The van der Waals surface area contributed by atoms with Gasteiger partial charge in [-0.05, 0) is 36.6 Å². The molecule has 23 heavy (non-hydrogen) atoms. The van der Waals surface area contributed by atoms with E-state index in [1.807, 2.05) is 20.8 Å². The molecule has 0 N–H and O–H groups in total. The minimum absolute atomic E-state index is 0.143. The van der Waals surface area contributed by atoms with E-state index in [-0.39, 0.29) is 5.41 Å². The summed E-state index contributed by atoms with van der Waals surface area (Å²) in [5, 5.41) is 0.838. The van der Waals surface area contributed by atoms with Crippen LogP contribution in [0, 0.1) is 5.41 Å². The zero-order valence-corrected chi connectivity index (χ0v) is 15.5. The molecule has 4 nitrogen and oxygen atoms in total. The molecule has 1 atom stereocenters. The number of ketones is 1. The first kappa shape index (κ1) is 22.7. The van der Waals surface area contributed by atoms with Gasteiger partial charge in [0, 0.05) is 5.41 Å². The normalized spacial score (nSPS) is 18.8. The molecule has 138 valence electrons. The van der Waals surface area contributed by atoms with Crippen molar-refractivity contribution in [3.05, 3.63) is 0 Å². The fourth-order valence-corrected chi connectivity index (χ4v) is 4.23. The van der Waals surface area contributed by atoms with Crippen LogP contribution < -0.4 is 0 Å². The second-order valence-electron chi connectivity index (χ2n) is 6.67.